The Balaban J connectivity index is 2.18. The van der Waals surface area contributed by atoms with Gasteiger partial charge in [0.2, 0.25) is 0 Å². The van der Waals surface area contributed by atoms with Gasteiger partial charge in [0, 0.05) is 0 Å². The maximum absolute atomic E-state index is 12.2. The molecule has 0 N–H and O–H groups in total. The number of benzene rings is 1. The fourth-order valence-corrected chi connectivity index (χ4v) is 2.86. The number of rotatable bonds is 4. The van der Waals surface area contributed by atoms with Gasteiger partial charge in [-0.05, 0) is 49.0 Å². The van der Waals surface area contributed by atoms with E-state index in [4.69, 9.17) is 0 Å². The summed E-state index contributed by atoms with van der Waals surface area (Å²) in [5.74, 6) is 0.262. The van der Waals surface area contributed by atoms with Crippen molar-refractivity contribution in [1.29, 1.82) is 0 Å². The van der Waals surface area contributed by atoms with Crippen molar-refractivity contribution in [2.45, 2.75) is 19.8 Å². The van der Waals surface area contributed by atoms with E-state index in [0.717, 1.165) is 17.3 Å². The van der Waals surface area contributed by atoms with Crippen LogP contribution < -0.4 is 0 Å². The second-order valence-corrected chi connectivity index (χ2v) is 6.65. The zero-order chi connectivity index (χ0) is 15.6. The van der Waals surface area contributed by atoms with E-state index >= 15 is 0 Å². The van der Waals surface area contributed by atoms with Crippen LogP contribution in [-0.4, -0.2) is 41.7 Å². The van der Waals surface area contributed by atoms with Crippen LogP contribution in [0.15, 0.2) is 29.2 Å². The van der Waals surface area contributed by atoms with Crippen molar-refractivity contribution >= 4 is 29.0 Å². The molecule has 1 aromatic rings. The molecule has 0 saturated carbocycles. The van der Waals surface area contributed by atoms with Crippen molar-refractivity contribution in [3.63, 3.8) is 0 Å². The smallest absolute Gasteiger partial charge is 0.292 e. The van der Waals surface area contributed by atoms with Crippen LogP contribution in [0, 0.1) is 0 Å². The summed E-state index contributed by atoms with van der Waals surface area (Å²) in [5.41, 5.74) is 2.20. The van der Waals surface area contributed by atoms with Crippen molar-refractivity contribution < 1.29 is 9.59 Å². The highest BCUT2D eigenvalue weighted by molar-refractivity contribution is 8.18. The Morgan fingerprint density at radius 3 is 2.33 bits per heavy atom. The monoisotopic (exact) mass is 304 g/mol. The molecule has 1 fully saturated rings. The van der Waals surface area contributed by atoms with Crippen molar-refractivity contribution in [2.24, 2.45) is 0 Å². The van der Waals surface area contributed by atoms with E-state index < -0.39 is 0 Å². The largest absolute Gasteiger partial charge is 0.294 e. The van der Waals surface area contributed by atoms with Crippen LogP contribution in [0.3, 0.4) is 0 Å². The third-order valence-corrected chi connectivity index (χ3v) is 4.11. The van der Waals surface area contributed by atoms with Gasteiger partial charge in [0.15, 0.2) is 0 Å². The van der Waals surface area contributed by atoms with Gasteiger partial charge in [0.05, 0.1) is 11.6 Å². The van der Waals surface area contributed by atoms with E-state index in [0.29, 0.717) is 17.5 Å². The van der Waals surface area contributed by atoms with Gasteiger partial charge < -0.3 is 0 Å². The summed E-state index contributed by atoms with van der Waals surface area (Å²) in [6.45, 7) is 4.59. The molecule has 112 valence electrons. The highest BCUT2D eigenvalue weighted by Crippen LogP contribution is 2.32. The molecule has 4 nitrogen and oxygen atoms in total. The molecular formula is C16H20N2O2S. The zero-order valence-electron chi connectivity index (χ0n) is 12.8. The van der Waals surface area contributed by atoms with Gasteiger partial charge in [0.25, 0.3) is 11.1 Å². The predicted molar refractivity (Wildman–Crippen MR) is 86.9 cm³/mol. The molecule has 0 atom stereocenters. The summed E-state index contributed by atoms with van der Waals surface area (Å²) in [7, 11) is 3.66. The Bertz CT molecular complexity index is 576. The molecule has 0 aromatic heterocycles. The topological polar surface area (TPSA) is 40.6 Å². The summed E-state index contributed by atoms with van der Waals surface area (Å²) in [5, 5.41) is -0.209. The SMILES string of the molecule is CC(C)c1ccc(/C=C2\SC(=O)N(CN(C)C)C2=O)cc1. The number of imide groups is 1. The quantitative estimate of drug-likeness (QED) is 0.800. The first kappa shape index (κ1) is 15.8. The van der Waals surface area contributed by atoms with E-state index in [1.54, 1.807) is 11.0 Å². The number of nitrogens with zero attached hydrogens (tertiary/aromatic N) is 2. The third-order valence-electron chi connectivity index (χ3n) is 3.20. The highest BCUT2D eigenvalue weighted by atomic mass is 32.2. The van der Waals surface area contributed by atoms with Crippen LogP contribution in [0.25, 0.3) is 6.08 Å². The lowest BCUT2D eigenvalue weighted by atomic mass is 10.0. The van der Waals surface area contributed by atoms with Crippen molar-refractivity contribution in [2.75, 3.05) is 20.8 Å². The normalized spacial score (nSPS) is 17.6. The molecule has 0 unspecified atom stereocenters. The minimum Gasteiger partial charge on any atom is -0.292 e. The first-order chi connectivity index (χ1) is 9.88. The first-order valence-corrected chi connectivity index (χ1v) is 7.70. The van der Waals surface area contributed by atoms with Crippen molar-refractivity contribution in [3.8, 4) is 0 Å². The molecule has 2 rings (SSSR count). The van der Waals surface area contributed by atoms with Crippen LogP contribution in [0.5, 0.6) is 0 Å². The molecule has 1 aliphatic heterocycles. The van der Waals surface area contributed by atoms with Gasteiger partial charge in [-0.1, -0.05) is 38.1 Å². The second-order valence-electron chi connectivity index (χ2n) is 5.65. The van der Waals surface area contributed by atoms with E-state index in [1.165, 1.54) is 10.5 Å². The van der Waals surface area contributed by atoms with Crippen LogP contribution in [0.4, 0.5) is 4.79 Å². The number of amides is 2. The molecule has 1 heterocycles. The standard InChI is InChI=1S/C16H20N2O2S/c1-11(2)13-7-5-12(6-8-13)9-14-15(19)18(10-17(3)4)16(20)21-14/h5-9,11H,10H2,1-4H3/b14-9-. The third kappa shape index (κ3) is 3.74. The summed E-state index contributed by atoms with van der Waals surface area (Å²) in [6.07, 6.45) is 1.78. The summed E-state index contributed by atoms with van der Waals surface area (Å²) in [6, 6.07) is 8.08. The summed E-state index contributed by atoms with van der Waals surface area (Å²) < 4.78 is 0. The average molecular weight is 304 g/mol. The van der Waals surface area contributed by atoms with Gasteiger partial charge >= 0.3 is 0 Å². The molecule has 1 aromatic carbocycles. The Morgan fingerprint density at radius 2 is 1.81 bits per heavy atom. The Hall–Kier alpha value is -1.59. The van der Waals surface area contributed by atoms with E-state index in [-0.39, 0.29) is 11.1 Å². The molecule has 21 heavy (non-hydrogen) atoms. The molecule has 1 aliphatic rings. The molecular weight excluding hydrogens is 284 g/mol. The molecule has 1 saturated heterocycles. The van der Waals surface area contributed by atoms with Gasteiger partial charge in [-0.25, -0.2) is 0 Å². The Morgan fingerprint density at radius 1 is 1.19 bits per heavy atom. The maximum atomic E-state index is 12.2. The second kappa shape index (κ2) is 6.45. The van der Waals surface area contributed by atoms with Gasteiger partial charge in [-0.3, -0.25) is 19.4 Å². The minimum atomic E-state index is -0.216. The van der Waals surface area contributed by atoms with Crippen molar-refractivity contribution in [1.82, 2.24) is 9.80 Å². The van der Waals surface area contributed by atoms with Crippen molar-refractivity contribution in [3.05, 3.63) is 40.3 Å². The first-order valence-electron chi connectivity index (χ1n) is 6.88. The number of carbonyl (C=O) groups excluding carboxylic acids is 2. The number of hydrogen-bond donors (Lipinski definition) is 0. The minimum absolute atomic E-state index is 0.209. The average Bonchev–Trinajstić information content (AvgIpc) is 2.67. The molecule has 0 spiro atoms. The summed E-state index contributed by atoms with van der Waals surface area (Å²) >= 11 is 1.00. The van der Waals surface area contributed by atoms with Gasteiger partial charge in [-0.15, -0.1) is 0 Å². The molecule has 5 heteroatoms. The van der Waals surface area contributed by atoms with Crippen LogP contribution >= 0.6 is 11.8 Å². The lowest BCUT2D eigenvalue weighted by molar-refractivity contribution is -0.123. The highest BCUT2D eigenvalue weighted by Gasteiger charge is 2.35. The van der Waals surface area contributed by atoms with Crippen LogP contribution in [-0.2, 0) is 4.79 Å². The lowest BCUT2D eigenvalue weighted by Crippen LogP contribution is -2.36. The molecule has 0 aliphatic carbocycles. The van der Waals surface area contributed by atoms with E-state index in [2.05, 4.69) is 26.0 Å². The number of hydrogen-bond acceptors (Lipinski definition) is 4. The summed E-state index contributed by atoms with van der Waals surface area (Å²) in [4.78, 5) is 27.6. The number of carbonyl (C=O) groups is 2. The molecule has 2 amide bonds. The van der Waals surface area contributed by atoms with Crippen LogP contribution in [0.1, 0.15) is 30.9 Å². The van der Waals surface area contributed by atoms with Crippen LogP contribution in [0.2, 0.25) is 0 Å². The molecule has 0 bridgehead atoms. The molecule has 0 radical (unpaired) electrons. The maximum Gasteiger partial charge on any atom is 0.294 e. The number of thioether (sulfide) groups is 1. The lowest BCUT2D eigenvalue weighted by Gasteiger charge is -2.17. The Labute approximate surface area is 129 Å². The fraction of sp³-hybridized carbons (Fsp3) is 0.375. The predicted octanol–water partition coefficient (Wildman–Crippen LogP) is 3.37. The fourth-order valence-electron chi connectivity index (χ4n) is 2.03. The Kier molecular flexibility index (Phi) is 4.85. The van der Waals surface area contributed by atoms with Gasteiger partial charge in [-0.2, -0.15) is 0 Å². The van der Waals surface area contributed by atoms with E-state index in [9.17, 15) is 9.59 Å². The van der Waals surface area contributed by atoms with E-state index in [1.807, 2.05) is 26.2 Å². The zero-order valence-corrected chi connectivity index (χ0v) is 13.6. The van der Waals surface area contributed by atoms with Gasteiger partial charge in [0.1, 0.15) is 0 Å².